The first kappa shape index (κ1) is 30.1. The second-order valence-corrected chi connectivity index (χ2v) is 10.9. The van der Waals surface area contributed by atoms with E-state index < -0.39 is 16.8 Å². The number of hydrogen-bond acceptors (Lipinski definition) is 11. The number of anilines is 1. The Labute approximate surface area is 249 Å². The molecule has 1 aromatic carbocycles. The lowest BCUT2D eigenvalue weighted by molar-refractivity contribution is -0.384. The van der Waals surface area contributed by atoms with Crippen molar-refractivity contribution in [2.24, 2.45) is 0 Å². The van der Waals surface area contributed by atoms with Crippen molar-refractivity contribution in [1.29, 1.82) is 5.26 Å². The van der Waals surface area contributed by atoms with E-state index in [1.807, 2.05) is 29.7 Å². The summed E-state index contributed by atoms with van der Waals surface area (Å²) in [5, 5.41) is 33.5. The lowest BCUT2D eigenvalue weighted by Gasteiger charge is -2.10. The third-order valence-electron chi connectivity index (χ3n) is 6.13. The highest BCUT2D eigenvalue weighted by molar-refractivity contribution is 7.99. The molecule has 4 rings (SSSR count). The monoisotopic (exact) mass is 603 g/mol. The van der Waals surface area contributed by atoms with Crippen LogP contribution < -0.4 is 5.32 Å². The lowest BCUT2D eigenvalue weighted by atomic mass is 10.1. The molecule has 14 heteroatoms. The molecule has 0 atom stereocenters. The van der Waals surface area contributed by atoms with Crippen LogP contribution in [0.5, 0.6) is 0 Å². The summed E-state index contributed by atoms with van der Waals surface area (Å²) < 4.78 is 7.02. The number of esters is 1. The van der Waals surface area contributed by atoms with Crippen LogP contribution in [-0.2, 0) is 16.1 Å². The molecule has 0 saturated carbocycles. The van der Waals surface area contributed by atoms with E-state index in [0.717, 1.165) is 10.4 Å². The van der Waals surface area contributed by atoms with Gasteiger partial charge in [-0.25, -0.2) is 4.79 Å². The van der Waals surface area contributed by atoms with Crippen LogP contribution in [0.25, 0.3) is 17.5 Å². The molecule has 1 N–H and O–H groups in total. The van der Waals surface area contributed by atoms with Crippen LogP contribution in [-0.4, -0.2) is 43.2 Å². The summed E-state index contributed by atoms with van der Waals surface area (Å²) in [5.74, 6) is -0.735. The number of benzene rings is 1. The number of pyridine rings is 1. The smallest absolute Gasteiger partial charge is 0.341 e. The number of amides is 1. The Kier molecular flexibility index (Phi) is 9.46. The van der Waals surface area contributed by atoms with E-state index in [-0.39, 0.29) is 34.0 Å². The summed E-state index contributed by atoms with van der Waals surface area (Å²) >= 11 is 2.38. The first-order chi connectivity index (χ1) is 20.2. The number of nitriles is 1. The summed E-state index contributed by atoms with van der Waals surface area (Å²) in [7, 11) is 0. The van der Waals surface area contributed by atoms with Gasteiger partial charge in [-0.1, -0.05) is 0 Å². The molecule has 0 radical (unpaired) electrons. The number of carbonyl (C=O) groups is 2. The van der Waals surface area contributed by atoms with Gasteiger partial charge >= 0.3 is 5.97 Å². The number of nitrogens with zero attached hydrogens (tertiary/aromatic N) is 6. The molecule has 214 valence electrons. The Morgan fingerprint density at radius 3 is 2.60 bits per heavy atom. The zero-order chi connectivity index (χ0) is 30.4. The van der Waals surface area contributed by atoms with E-state index in [1.165, 1.54) is 47.4 Å². The van der Waals surface area contributed by atoms with Crippen molar-refractivity contribution in [2.75, 3.05) is 11.9 Å². The number of aromatic nitrogens is 4. The Balaban J connectivity index is 1.72. The number of nitro groups is 1. The van der Waals surface area contributed by atoms with Crippen LogP contribution in [0, 0.1) is 35.3 Å². The van der Waals surface area contributed by atoms with Crippen LogP contribution in [0.15, 0.2) is 58.4 Å². The van der Waals surface area contributed by atoms with Gasteiger partial charge in [0.05, 0.1) is 17.1 Å². The number of ether oxygens (including phenoxy) is 1. The number of hydrogen-bond donors (Lipinski definition) is 1. The maximum atomic E-state index is 13.2. The molecule has 12 nitrogen and oxygen atoms in total. The zero-order valence-electron chi connectivity index (χ0n) is 23.1. The minimum atomic E-state index is -0.775. The fourth-order valence-electron chi connectivity index (χ4n) is 3.96. The maximum absolute atomic E-state index is 13.2. The van der Waals surface area contributed by atoms with Crippen molar-refractivity contribution >= 4 is 51.7 Å². The van der Waals surface area contributed by atoms with Crippen LogP contribution in [0.4, 0.5) is 10.7 Å². The van der Waals surface area contributed by atoms with Crippen LogP contribution in [0.1, 0.15) is 40.2 Å². The van der Waals surface area contributed by atoms with Crippen molar-refractivity contribution < 1.29 is 19.2 Å². The van der Waals surface area contributed by atoms with Gasteiger partial charge in [-0.05, 0) is 74.9 Å². The highest BCUT2D eigenvalue weighted by Crippen LogP contribution is 2.36. The largest absolute Gasteiger partial charge is 0.462 e. The standard InChI is InChI=1S/C28H25N7O5S2/c1-5-34-24(18-9-11-30-12-10-18)32-33-28(34)42-22-8-7-21(35(38)39)14-19(22)13-20(15-29)25(36)31-26-23(27(37)40-6-2)16(3)17(4)41-26/h7-14H,5-6H2,1-4H3,(H,31,36)/b20-13-. The van der Waals surface area contributed by atoms with Gasteiger partial charge in [0.1, 0.15) is 16.6 Å². The predicted octanol–water partition coefficient (Wildman–Crippen LogP) is 5.82. The highest BCUT2D eigenvalue weighted by atomic mass is 32.2. The molecule has 0 bridgehead atoms. The van der Waals surface area contributed by atoms with E-state index in [9.17, 15) is 25.0 Å². The number of thiophene rings is 1. The van der Waals surface area contributed by atoms with E-state index in [1.54, 1.807) is 33.2 Å². The maximum Gasteiger partial charge on any atom is 0.341 e. The SMILES string of the molecule is CCOC(=O)c1c(NC(=O)/C(C#N)=C\c2cc([N+](=O)[O-])ccc2Sc2nnc(-c3ccncc3)n2CC)sc(C)c1C. The second-order valence-electron chi connectivity index (χ2n) is 8.70. The minimum Gasteiger partial charge on any atom is -0.462 e. The molecule has 0 saturated heterocycles. The summed E-state index contributed by atoms with van der Waals surface area (Å²) in [4.78, 5) is 42.1. The average Bonchev–Trinajstić information content (AvgIpc) is 3.51. The van der Waals surface area contributed by atoms with Gasteiger partial charge in [-0.2, -0.15) is 5.26 Å². The fourth-order valence-corrected chi connectivity index (χ4v) is 5.98. The summed E-state index contributed by atoms with van der Waals surface area (Å²) in [5.41, 5.74) is 1.44. The topological polar surface area (TPSA) is 166 Å². The number of non-ortho nitro benzene ring substituents is 1. The van der Waals surface area contributed by atoms with Gasteiger partial charge in [0.25, 0.3) is 11.6 Å². The molecule has 0 fully saturated rings. The van der Waals surface area contributed by atoms with Crippen LogP contribution >= 0.6 is 23.1 Å². The zero-order valence-corrected chi connectivity index (χ0v) is 24.7. The third-order valence-corrected chi connectivity index (χ3v) is 8.33. The van der Waals surface area contributed by atoms with E-state index >= 15 is 0 Å². The molecule has 0 unspecified atom stereocenters. The Morgan fingerprint density at radius 2 is 1.95 bits per heavy atom. The predicted molar refractivity (Wildman–Crippen MR) is 158 cm³/mol. The molecule has 1 amide bonds. The van der Waals surface area contributed by atoms with Gasteiger partial charge < -0.3 is 14.6 Å². The Morgan fingerprint density at radius 1 is 1.21 bits per heavy atom. The molecule has 42 heavy (non-hydrogen) atoms. The quantitative estimate of drug-likeness (QED) is 0.0767. The van der Waals surface area contributed by atoms with Gasteiger partial charge in [-0.3, -0.25) is 19.9 Å². The van der Waals surface area contributed by atoms with Crippen molar-refractivity contribution in [3.63, 3.8) is 0 Å². The van der Waals surface area contributed by atoms with Crippen molar-refractivity contribution in [3.05, 3.63) is 80.0 Å². The number of carbonyl (C=O) groups excluding carboxylic acids is 2. The van der Waals surface area contributed by atoms with Gasteiger partial charge in [0.2, 0.25) is 0 Å². The van der Waals surface area contributed by atoms with Gasteiger partial charge in [0.15, 0.2) is 11.0 Å². The highest BCUT2D eigenvalue weighted by Gasteiger charge is 2.24. The molecule has 0 aliphatic rings. The molecule has 0 aliphatic carbocycles. The van der Waals surface area contributed by atoms with E-state index in [4.69, 9.17) is 4.74 Å². The molecule has 0 aliphatic heterocycles. The second kappa shape index (κ2) is 13.2. The lowest BCUT2D eigenvalue weighted by Crippen LogP contribution is -2.16. The molecule has 0 spiro atoms. The number of nitrogens with one attached hydrogen (secondary N) is 1. The van der Waals surface area contributed by atoms with Crippen molar-refractivity contribution in [3.8, 4) is 17.5 Å². The van der Waals surface area contributed by atoms with Crippen molar-refractivity contribution in [1.82, 2.24) is 19.7 Å². The summed E-state index contributed by atoms with van der Waals surface area (Å²) in [6, 6.07) is 9.65. The first-order valence-corrected chi connectivity index (χ1v) is 14.3. The number of aryl methyl sites for hydroxylation is 1. The van der Waals surface area contributed by atoms with Crippen LogP contribution in [0.3, 0.4) is 0 Å². The summed E-state index contributed by atoms with van der Waals surface area (Å²) in [6.07, 6.45) is 4.58. The van der Waals surface area contributed by atoms with E-state index in [0.29, 0.717) is 28.0 Å². The number of nitro benzene ring substituents is 1. The van der Waals surface area contributed by atoms with E-state index in [2.05, 4.69) is 20.5 Å². The molecule has 3 aromatic heterocycles. The fraction of sp³-hybridized carbons (Fsp3) is 0.214. The third kappa shape index (κ3) is 6.37. The van der Waals surface area contributed by atoms with Gasteiger partial charge in [-0.15, -0.1) is 21.5 Å². The minimum absolute atomic E-state index is 0.160. The first-order valence-electron chi connectivity index (χ1n) is 12.7. The van der Waals surface area contributed by atoms with Crippen molar-refractivity contribution in [2.45, 2.75) is 44.3 Å². The normalized spacial score (nSPS) is 11.2. The summed E-state index contributed by atoms with van der Waals surface area (Å²) in [6.45, 7) is 7.87. The van der Waals surface area contributed by atoms with Gasteiger partial charge in [0, 0.05) is 46.4 Å². The molecular formula is C28H25N7O5S2. The molecule has 4 aromatic rings. The van der Waals surface area contributed by atoms with Crippen LogP contribution in [0.2, 0.25) is 0 Å². The molecular weight excluding hydrogens is 578 g/mol. The number of rotatable bonds is 10. The Bertz CT molecular complexity index is 1740. The molecule has 3 heterocycles. The average molecular weight is 604 g/mol. The Hall–Kier alpha value is -4.87.